The zero-order valence-electron chi connectivity index (χ0n) is 15.5. The number of H-pyrrole nitrogens is 1. The van der Waals surface area contributed by atoms with Gasteiger partial charge in [-0.15, -0.1) is 11.3 Å². The fourth-order valence-corrected chi connectivity index (χ4v) is 3.75. The van der Waals surface area contributed by atoms with Gasteiger partial charge in [-0.25, -0.2) is 4.98 Å². The summed E-state index contributed by atoms with van der Waals surface area (Å²) in [6.07, 6.45) is 0.488. The smallest absolute Gasteiger partial charge is 0.276 e. The van der Waals surface area contributed by atoms with E-state index in [2.05, 4.69) is 15.1 Å². The van der Waals surface area contributed by atoms with Gasteiger partial charge in [-0.1, -0.05) is 36.4 Å². The molecule has 0 aliphatic heterocycles. The second-order valence-electron chi connectivity index (χ2n) is 6.51. The predicted molar refractivity (Wildman–Crippen MR) is 109 cm³/mol. The lowest BCUT2D eigenvalue weighted by Crippen LogP contribution is -2.29. The third-order valence-corrected chi connectivity index (χ3v) is 5.40. The summed E-state index contributed by atoms with van der Waals surface area (Å²) in [7, 11) is 0. The first-order valence-corrected chi connectivity index (χ1v) is 9.73. The van der Waals surface area contributed by atoms with Crippen LogP contribution in [0, 0.1) is 6.92 Å². The summed E-state index contributed by atoms with van der Waals surface area (Å²) in [6, 6.07) is 13.7. The zero-order chi connectivity index (χ0) is 19.7. The van der Waals surface area contributed by atoms with Gasteiger partial charge in [-0.2, -0.15) is 9.50 Å². The van der Waals surface area contributed by atoms with Gasteiger partial charge in [0.05, 0.1) is 12.2 Å². The molecule has 8 heteroatoms. The maximum atomic E-state index is 13.0. The molecule has 0 saturated heterocycles. The number of anilines is 1. The van der Waals surface area contributed by atoms with Gasteiger partial charge in [0.2, 0.25) is 11.9 Å². The Morgan fingerprint density at radius 1 is 1.18 bits per heavy atom. The molecule has 4 rings (SSSR count). The fraction of sp³-hybridized carbons (Fsp3) is 0.200. The summed E-state index contributed by atoms with van der Waals surface area (Å²) >= 11 is 1.56. The topological polar surface area (TPSA) is 83.4 Å². The van der Waals surface area contributed by atoms with E-state index in [1.165, 1.54) is 16.3 Å². The predicted octanol–water partition coefficient (Wildman–Crippen LogP) is 2.93. The molecule has 3 aromatic heterocycles. The quantitative estimate of drug-likeness (QED) is 0.565. The van der Waals surface area contributed by atoms with E-state index in [1.54, 1.807) is 11.3 Å². The van der Waals surface area contributed by atoms with Crippen molar-refractivity contribution in [2.75, 3.05) is 4.90 Å². The van der Waals surface area contributed by atoms with E-state index >= 15 is 0 Å². The van der Waals surface area contributed by atoms with Crippen LogP contribution in [0.3, 0.4) is 0 Å². The molecule has 0 radical (unpaired) electrons. The Morgan fingerprint density at radius 2 is 1.96 bits per heavy atom. The van der Waals surface area contributed by atoms with Crippen molar-refractivity contribution in [3.8, 4) is 0 Å². The van der Waals surface area contributed by atoms with Gasteiger partial charge in [-0.3, -0.25) is 19.6 Å². The molecule has 7 nitrogen and oxygen atoms in total. The summed E-state index contributed by atoms with van der Waals surface area (Å²) in [5, 5.41) is 4.91. The molecule has 0 bridgehead atoms. The summed E-state index contributed by atoms with van der Waals surface area (Å²) in [4.78, 5) is 36.6. The highest BCUT2D eigenvalue weighted by molar-refractivity contribution is 7.09. The number of amides is 1. The lowest BCUT2D eigenvalue weighted by molar-refractivity contribution is -0.116. The molecule has 0 saturated carbocycles. The third kappa shape index (κ3) is 3.46. The van der Waals surface area contributed by atoms with Gasteiger partial charge >= 0.3 is 0 Å². The van der Waals surface area contributed by atoms with Crippen LogP contribution in [0.2, 0.25) is 0 Å². The molecule has 0 aliphatic carbocycles. The molecule has 1 N–H and O–H groups in total. The van der Waals surface area contributed by atoms with E-state index in [4.69, 9.17) is 0 Å². The van der Waals surface area contributed by atoms with Crippen molar-refractivity contribution in [2.45, 2.75) is 26.8 Å². The molecule has 0 atom stereocenters. The summed E-state index contributed by atoms with van der Waals surface area (Å²) in [5.74, 6) is 0.398. The Morgan fingerprint density at radius 3 is 2.64 bits per heavy atom. The van der Waals surface area contributed by atoms with Crippen LogP contribution in [0.15, 0.2) is 52.6 Å². The van der Waals surface area contributed by atoms with Crippen molar-refractivity contribution in [3.05, 3.63) is 79.9 Å². The van der Waals surface area contributed by atoms with Crippen molar-refractivity contribution < 1.29 is 4.79 Å². The van der Waals surface area contributed by atoms with E-state index in [1.807, 2.05) is 54.8 Å². The Hall–Kier alpha value is -3.26. The van der Waals surface area contributed by atoms with Crippen LogP contribution in [-0.2, 0) is 17.8 Å². The number of fused-ring (bicyclic) bond motifs is 1. The molecule has 142 valence electrons. The Bertz CT molecular complexity index is 1180. The van der Waals surface area contributed by atoms with E-state index in [9.17, 15) is 9.59 Å². The van der Waals surface area contributed by atoms with Gasteiger partial charge in [0.1, 0.15) is 0 Å². The molecule has 0 spiro atoms. The highest BCUT2D eigenvalue weighted by Gasteiger charge is 2.20. The van der Waals surface area contributed by atoms with Crippen molar-refractivity contribution >= 4 is 29.0 Å². The lowest BCUT2D eigenvalue weighted by atomic mass is 10.1. The number of thiophene rings is 1. The van der Waals surface area contributed by atoms with Gasteiger partial charge in [0, 0.05) is 23.8 Å². The third-order valence-electron chi connectivity index (χ3n) is 4.54. The standard InChI is InChI=1S/C20H19N5O2S/c1-13-17(11-15-7-4-3-5-8-15)18(27)25-19(21-13)22-20(23-25)24(14(2)26)12-16-9-6-10-28-16/h3-10H,11-12H2,1-2H3,(H,21,22,23). The number of hydrogen-bond acceptors (Lipinski definition) is 5. The monoisotopic (exact) mass is 393 g/mol. The van der Waals surface area contributed by atoms with Crippen molar-refractivity contribution in [1.29, 1.82) is 0 Å². The normalized spacial score (nSPS) is 11.1. The van der Waals surface area contributed by atoms with E-state index in [-0.39, 0.29) is 17.2 Å². The largest absolute Gasteiger partial charge is 0.277 e. The number of aryl methyl sites for hydroxylation is 1. The van der Waals surface area contributed by atoms with Gasteiger partial charge < -0.3 is 0 Å². The minimum absolute atomic E-state index is 0.165. The van der Waals surface area contributed by atoms with Crippen LogP contribution in [0.4, 0.5) is 5.95 Å². The molecular formula is C20H19N5O2S. The molecule has 0 unspecified atom stereocenters. The van der Waals surface area contributed by atoms with Crippen LogP contribution < -0.4 is 10.5 Å². The van der Waals surface area contributed by atoms with Crippen LogP contribution >= 0.6 is 11.3 Å². The molecule has 28 heavy (non-hydrogen) atoms. The van der Waals surface area contributed by atoms with Crippen LogP contribution in [0.5, 0.6) is 0 Å². The van der Waals surface area contributed by atoms with Gasteiger partial charge in [0.25, 0.3) is 11.3 Å². The minimum Gasteiger partial charge on any atom is -0.276 e. The highest BCUT2D eigenvalue weighted by Crippen LogP contribution is 2.18. The van der Waals surface area contributed by atoms with Crippen molar-refractivity contribution in [1.82, 2.24) is 19.6 Å². The second-order valence-corrected chi connectivity index (χ2v) is 7.54. The summed E-state index contributed by atoms with van der Waals surface area (Å²) in [6.45, 7) is 3.67. The first-order chi connectivity index (χ1) is 13.5. The summed E-state index contributed by atoms with van der Waals surface area (Å²) < 4.78 is 1.31. The van der Waals surface area contributed by atoms with Gasteiger partial charge in [0.15, 0.2) is 0 Å². The molecular weight excluding hydrogens is 374 g/mol. The summed E-state index contributed by atoms with van der Waals surface area (Å²) in [5.41, 5.74) is 2.07. The molecule has 1 aromatic carbocycles. The van der Waals surface area contributed by atoms with E-state index in [0.717, 1.165) is 10.4 Å². The Kier molecular flexibility index (Phi) is 4.79. The average Bonchev–Trinajstić information content (AvgIpc) is 3.33. The Balaban J connectivity index is 1.75. The maximum absolute atomic E-state index is 13.0. The maximum Gasteiger partial charge on any atom is 0.277 e. The highest BCUT2D eigenvalue weighted by atomic mass is 32.1. The first kappa shape index (κ1) is 18.1. The number of aromatic nitrogens is 4. The molecule has 4 aromatic rings. The average molecular weight is 393 g/mol. The molecule has 0 aliphatic rings. The van der Waals surface area contributed by atoms with Crippen LogP contribution in [-0.4, -0.2) is 25.5 Å². The fourth-order valence-electron chi connectivity index (χ4n) is 3.06. The number of nitrogens with zero attached hydrogens (tertiary/aromatic N) is 4. The number of nitrogens with one attached hydrogen (secondary N) is 1. The number of rotatable bonds is 5. The SMILES string of the molecule is CC(=O)N(Cc1cccs1)c1nc2nc(C)c(Cc3ccccc3)c(=O)n2[nH]1. The van der Waals surface area contributed by atoms with E-state index in [0.29, 0.717) is 30.2 Å². The van der Waals surface area contributed by atoms with Gasteiger partial charge in [-0.05, 0) is 23.9 Å². The number of hydrogen-bond donors (Lipinski definition) is 1. The minimum atomic E-state index is -0.204. The zero-order valence-corrected chi connectivity index (χ0v) is 16.4. The van der Waals surface area contributed by atoms with Crippen molar-refractivity contribution in [3.63, 3.8) is 0 Å². The van der Waals surface area contributed by atoms with Crippen molar-refractivity contribution in [2.24, 2.45) is 0 Å². The van der Waals surface area contributed by atoms with Crippen LogP contribution in [0.25, 0.3) is 5.78 Å². The number of carbonyl (C=O) groups excluding carboxylic acids is 1. The van der Waals surface area contributed by atoms with Crippen LogP contribution in [0.1, 0.15) is 28.6 Å². The lowest BCUT2D eigenvalue weighted by Gasteiger charge is -2.16. The number of benzene rings is 1. The number of carbonyl (C=O) groups is 1. The molecule has 1 amide bonds. The van der Waals surface area contributed by atoms with E-state index < -0.39 is 0 Å². The Labute approximate surface area is 165 Å². The molecule has 0 fully saturated rings. The number of aromatic amines is 1. The second kappa shape index (κ2) is 7.40. The molecule has 3 heterocycles. The first-order valence-electron chi connectivity index (χ1n) is 8.85.